The Kier molecular flexibility index (Phi) is 3.06. The van der Waals surface area contributed by atoms with Crippen LogP contribution in [0.1, 0.15) is 0 Å². The first kappa shape index (κ1) is 11.3. The maximum Gasteiger partial charge on any atom is 0.256 e. The van der Waals surface area contributed by atoms with Crippen LogP contribution in [0.15, 0.2) is 16.9 Å². The second-order valence-corrected chi connectivity index (χ2v) is 4.46. The standard InChI is InChI=1S/C8H8BrClN6/c1-15(2)7-12-6(10)13-8(14-7)16-4-5(9)3-11-16/h3-4H,1-2H3. The SMILES string of the molecule is CN(C)c1nc(Cl)nc(-n2cc(Br)cn2)n1. The summed E-state index contributed by atoms with van der Waals surface area (Å²) in [5, 5.41) is 4.21. The average molecular weight is 304 g/mol. The van der Waals surface area contributed by atoms with Crippen molar-refractivity contribution in [1.29, 1.82) is 0 Å². The molecule has 84 valence electrons. The van der Waals surface area contributed by atoms with Crippen molar-refractivity contribution in [2.45, 2.75) is 0 Å². The third-order valence-electron chi connectivity index (χ3n) is 1.74. The van der Waals surface area contributed by atoms with Gasteiger partial charge in [0.05, 0.1) is 10.7 Å². The molecule has 0 fully saturated rings. The molecular formula is C8H8BrClN6. The summed E-state index contributed by atoms with van der Waals surface area (Å²) in [4.78, 5) is 13.9. The molecule has 0 aliphatic heterocycles. The summed E-state index contributed by atoms with van der Waals surface area (Å²) < 4.78 is 2.36. The van der Waals surface area contributed by atoms with E-state index in [2.05, 4.69) is 36.0 Å². The Morgan fingerprint density at radius 2 is 2.06 bits per heavy atom. The van der Waals surface area contributed by atoms with Crippen molar-refractivity contribution < 1.29 is 0 Å². The fraction of sp³-hybridized carbons (Fsp3) is 0.250. The lowest BCUT2D eigenvalue weighted by atomic mass is 10.7. The summed E-state index contributed by atoms with van der Waals surface area (Å²) in [5.74, 6) is 0.871. The lowest BCUT2D eigenvalue weighted by molar-refractivity contribution is 0.788. The van der Waals surface area contributed by atoms with Crippen molar-refractivity contribution >= 4 is 33.5 Å². The largest absolute Gasteiger partial charge is 0.347 e. The molecule has 2 heterocycles. The zero-order valence-electron chi connectivity index (χ0n) is 8.59. The number of hydrogen-bond donors (Lipinski definition) is 0. The highest BCUT2D eigenvalue weighted by molar-refractivity contribution is 9.10. The Morgan fingerprint density at radius 1 is 1.31 bits per heavy atom. The van der Waals surface area contributed by atoms with E-state index in [-0.39, 0.29) is 5.28 Å². The van der Waals surface area contributed by atoms with Gasteiger partial charge in [0, 0.05) is 20.3 Å². The fourth-order valence-corrected chi connectivity index (χ4v) is 1.48. The molecule has 0 saturated carbocycles. The van der Waals surface area contributed by atoms with E-state index in [9.17, 15) is 0 Å². The monoisotopic (exact) mass is 302 g/mol. The van der Waals surface area contributed by atoms with Gasteiger partial charge in [0.2, 0.25) is 11.2 Å². The third-order valence-corrected chi connectivity index (χ3v) is 2.32. The van der Waals surface area contributed by atoms with Crippen molar-refractivity contribution in [1.82, 2.24) is 24.7 Å². The van der Waals surface area contributed by atoms with Gasteiger partial charge >= 0.3 is 0 Å². The minimum Gasteiger partial charge on any atom is -0.347 e. The van der Waals surface area contributed by atoms with Gasteiger partial charge < -0.3 is 4.90 Å². The molecule has 0 bridgehead atoms. The lowest BCUT2D eigenvalue weighted by Gasteiger charge is -2.10. The summed E-state index contributed by atoms with van der Waals surface area (Å²) in [6.07, 6.45) is 3.39. The van der Waals surface area contributed by atoms with Gasteiger partial charge in [-0.15, -0.1) is 0 Å². The highest BCUT2D eigenvalue weighted by Gasteiger charge is 2.09. The van der Waals surface area contributed by atoms with Crippen LogP contribution < -0.4 is 4.90 Å². The van der Waals surface area contributed by atoms with E-state index in [1.807, 2.05) is 14.1 Å². The van der Waals surface area contributed by atoms with Gasteiger partial charge in [-0.05, 0) is 27.5 Å². The highest BCUT2D eigenvalue weighted by Crippen LogP contribution is 2.13. The quantitative estimate of drug-likeness (QED) is 0.842. The van der Waals surface area contributed by atoms with Crippen molar-refractivity contribution in [2.24, 2.45) is 0 Å². The van der Waals surface area contributed by atoms with Crippen molar-refractivity contribution in [3.05, 3.63) is 22.1 Å². The van der Waals surface area contributed by atoms with Crippen molar-refractivity contribution in [3.8, 4) is 5.95 Å². The van der Waals surface area contributed by atoms with E-state index in [4.69, 9.17) is 11.6 Å². The van der Waals surface area contributed by atoms with Crippen LogP contribution in [0, 0.1) is 0 Å². The van der Waals surface area contributed by atoms with E-state index < -0.39 is 0 Å². The Labute approximate surface area is 105 Å². The Hall–Kier alpha value is -1.21. The van der Waals surface area contributed by atoms with E-state index in [0.717, 1.165) is 4.47 Å². The normalized spacial score (nSPS) is 10.5. The molecule has 0 aromatic carbocycles. The Balaban J connectivity index is 2.49. The first-order chi connectivity index (χ1) is 7.56. The Morgan fingerprint density at radius 3 is 2.62 bits per heavy atom. The molecule has 2 aromatic heterocycles. The number of anilines is 1. The highest BCUT2D eigenvalue weighted by atomic mass is 79.9. The number of hydrogen-bond acceptors (Lipinski definition) is 5. The van der Waals surface area contributed by atoms with Gasteiger partial charge in [0.15, 0.2) is 0 Å². The molecule has 8 heteroatoms. The topological polar surface area (TPSA) is 59.7 Å². The molecule has 2 aromatic rings. The summed E-state index contributed by atoms with van der Waals surface area (Å²) in [6.45, 7) is 0. The third kappa shape index (κ3) is 2.30. The van der Waals surface area contributed by atoms with Crippen LogP contribution in [0.4, 0.5) is 5.95 Å². The number of rotatable bonds is 2. The number of aromatic nitrogens is 5. The van der Waals surface area contributed by atoms with Gasteiger partial charge in [0.1, 0.15) is 0 Å². The first-order valence-corrected chi connectivity index (χ1v) is 5.53. The lowest BCUT2D eigenvalue weighted by Crippen LogP contribution is -2.15. The minimum absolute atomic E-state index is 0.139. The predicted molar refractivity (Wildman–Crippen MR) is 64.0 cm³/mol. The van der Waals surface area contributed by atoms with Crippen LogP contribution in [0.2, 0.25) is 5.28 Å². The van der Waals surface area contributed by atoms with Gasteiger partial charge in [-0.25, -0.2) is 4.68 Å². The minimum atomic E-state index is 0.139. The molecule has 0 N–H and O–H groups in total. The van der Waals surface area contributed by atoms with E-state index >= 15 is 0 Å². The van der Waals surface area contributed by atoms with E-state index in [1.54, 1.807) is 17.3 Å². The number of halogens is 2. The van der Waals surface area contributed by atoms with Crippen LogP contribution in [0.5, 0.6) is 0 Å². The molecule has 0 unspecified atom stereocenters. The fourth-order valence-electron chi connectivity index (χ4n) is 1.04. The van der Waals surface area contributed by atoms with Gasteiger partial charge in [-0.2, -0.15) is 20.1 Å². The van der Waals surface area contributed by atoms with Gasteiger partial charge in [-0.3, -0.25) is 0 Å². The van der Waals surface area contributed by atoms with Crippen LogP contribution in [-0.2, 0) is 0 Å². The maximum absolute atomic E-state index is 5.81. The molecule has 16 heavy (non-hydrogen) atoms. The second-order valence-electron chi connectivity index (χ2n) is 3.20. The summed E-state index contributed by atoms with van der Waals surface area (Å²) >= 11 is 9.11. The van der Waals surface area contributed by atoms with Gasteiger partial charge in [0.25, 0.3) is 5.95 Å². The van der Waals surface area contributed by atoms with Crippen LogP contribution >= 0.6 is 27.5 Å². The van der Waals surface area contributed by atoms with Crippen LogP contribution in [0.3, 0.4) is 0 Å². The molecule has 0 aliphatic rings. The second kappa shape index (κ2) is 4.34. The summed E-state index contributed by atoms with van der Waals surface area (Å²) in [5.41, 5.74) is 0. The average Bonchev–Trinajstić information content (AvgIpc) is 2.64. The molecule has 0 amide bonds. The van der Waals surface area contributed by atoms with Crippen molar-refractivity contribution in [3.63, 3.8) is 0 Å². The molecule has 0 atom stereocenters. The number of nitrogens with zero attached hydrogens (tertiary/aromatic N) is 6. The van der Waals surface area contributed by atoms with Crippen molar-refractivity contribution in [2.75, 3.05) is 19.0 Å². The molecule has 0 saturated heterocycles. The smallest absolute Gasteiger partial charge is 0.256 e. The van der Waals surface area contributed by atoms with E-state index in [1.165, 1.54) is 4.68 Å². The molecule has 2 rings (SSSR count). The molecule has 0 spiro atoms. The molecule has 6 nitrogen and oxygen atoms in total. The van der Waals surface area contributed by atoms with E-state index in [0.29, 0.717) is 11.9 Å². The summed E-state index contributed by atoms with van der Waals surface area (Å²) in [6, 6.07) is 0. The van der Waals surface area contributed by atoms with Crippen LogP contribution in [-0.4, -0.2) is 38.8 Å². The predicted octanol–water partition coefficient (Wildman–Crippen LogP) is 1.54. The zero-order valence-corrected chi connectivity index (χ0v) is 10.9. The maximum atomic E-state index is 5.81. The summed E-state index contributed by atoms with van der Waals surface area (Å²) in [7, 11) is 3.66. The molecular weight excluding hydrogens is 295 g/mol. The molecule has 0 radical (unpaired) electrons. The zero-order chi connectivity index (χ0) is 11.7. The van der Waals surface area contributed by atoms with Crippen LogP contribution in [0.25, 0.3) is 5.95 Å². The first-order valence-electron chi connectivity index (χ1n) is 4.35. The van der Waals surface area contributed by atoms with Gasteiger partial charge in [-0.1, -0.05) is 0 Å². The molecule has 0 aliphatic carbocycles. The Bertz CT molecular complexity index is 511.